The molecule has 8 heteroatoms. The van der Waals surface area contributed by atoms with E-state index < -0.39 is 0 Å². The molecule has 1 heterocycles. The summed E-state index contributed by atoms with van der Waals surface area (Å²) in [5.41, 5.74) is 0. The molecule has 0 bridgehead atoms. The van der Waals surface area contributed by atoms with Gasteiger partial charge in [-0.2, -0.15) is 0 Å². The van der Waals surface area contributed by atoms with E-state index >= 15 is 0 Å². The van der Waals surface area contributed by atoms with Gasteiger partial charge in [0.15, 0.2) is 11.0 Å². The maximum absolute atomic E-state index is 13.0. The van der Waals surface area contributed by atoms with Gasteiger partial charge in [0.1, 0.15) is 18.2 Å². The summed E-state index contributed by atoms with van der Waals surface area (Å²) in [6.45, 7) is 6.68. The van der Waals surface area contributed by atoms with Gasteiger partial charge in [0.25, 0.3) is 0 Å². The van der Waals surface area contributed by atoms with Crippen molar-refractivity contribution in [1.82, 2.24) is 20.1 Å². The van der Waals surface area contributed by atoms with Crippen molar-refractivity contribution in [2.45, 2.75) is 57.0 Å². The van der Waals surface area contributed by atoms with Gasteiger partial charge in [-0.25, -0.2) is 4.39 Å². The van der Waals surface area contributed by atoms with E-state index in [1.807, 2.05) is 4.57 Å². The second-order valence-corrected chi connectivity index (χ2v) is 8.21. The monoisotopic (exact) mass is 418 g/mol. The molecule has 0 radical (unpaired) electrons. The molecule has 2 atom stereocenters. The van der Waals surface area contributed by atoms with Crippen molar-refractivity contribution in [3.8, 4) is 5.75 Å². The smallest absolute Gasteiger partial charge is 0.230 e. The summed E-state index contributed by atoms with van der Waals surface area (Å²) in [5.74, 6) is 1.69. The van der Waals surface area contributed by atoms with Gasteiger partial charge in [-0.05, 0) is 43.0 Å². The van der Waals surface area contributed by atoms with Crippen LogP contribution in [-0.4, -0.2) is 32.5 Å². The summed E-state index contributed by atoms with van der Waals surface area (Å²) >= 11 is 1.35. The minimum absolute atomic E-state index is 0.0195. The zero-order valence-corrected chi connectivity index (χ0v) is 17.5. The van der Waals surface area contributed by atoms with Crippen LogP contribution in [0.15, 0.2) is 42.1 Å². The van der Waals surface area contributed by atoms with E-state index in [1.165, 1.54) is 43.2 Å². The molecule has 1 aliphatic carbocycles. The number of amides is 1. The molecule has 0 spiro atoms. The molecular weight excluding hydrogens is 391 g/mol. The van der Waals surface area contributed by atoms with Crippen LogP contribution < -0.4 is 10.1 Å². The van der Waals surface area contributed by atoms with Crippen molar-refractivity contribution in [2.24, 2.45) is 5.92 Å². The topological polar surface area (TPSA) is 69.0 Å². The molecule has 3 rings (SSSR count). The maximum Gasteiger partial charge on any atom is 0.230 e. The van der Waals surface area contributed by atoms with Crippen LogP contribution in [0.3, 0.4) is 0 Å². The van der Waals surface area contributed by atoms with Crippen LogP contribution in [-0.2, 0) is 17.9 Å². The Hall–Kier alpha value is -2.35. The highest BCUT2D eigenvalue weighted by Crippen LogP contribution is 2.24. The lowest BCUT2D eigenvalue weighted by Gasteiger charge is -2.29. The van der Waals surface area contributed by atoms with Crippen LogP contribution in [0.5, 0.6) is 5.75 Å². The molecule has 1 saturated carbocycles. The Bertz CT molecular complexity index is 825. The van der Waals surface area contributed by atoms with Crippen molar-refractivity contribution < 1.29 is 13.9 Å². The molecule has 29 heavy (non-hydrogen) atoms. The van der Waals surface area contributed by atoms with Crippen LogP contribution in [0, 0.1) is 11.7 Å². The summed E-state index contributed by atoms with van der Waals surface area (Å²) in [6, 6.07) is 6.09. The molecule has 2 aromatic rings. The highest BCUT2D eigenvalue weighted by molar-refractivity contribution is 7.99. The number of hydrogen-bond acceptors (Lipinski definition) is 5. The van der Waals surface area contributed by atoms with Gasteiger partial charge in [-0.1, -0.05) is 37.6 Å². The standard InChI is InChI=1S/C21H27FN4O2S/c1-3-12-26-19(13-28-17-10-8-16(22)9-11-17)24-25-21(26)29-14-20(27)23-18-7-5-4-6-15(18)2/h3,8-11,15,18H,1,4-7,12-14H2,2H3,(H,23,27)/t15-,18+/m1/s1. The number of nitrogens with one attached hydrogen (secondary N) is 1. The number of hydrogen-bond donors (Lipinski definition) is 1. The van der Waals surface area contributed by atoms with Crippen molar-refractivity contribution in [3.05, 3.63) is 48.6 Å². The molecule has 0 saturated heterocycles. The Morgan fingerprint density at radius 1 is 1.34 bits per heavy atom. The number of thioether (sulfide) groups is 1. The third-order valence-electron chi connectivity index (χ3n) is 5.08. The van der Waals surface area contributed by atoms with Gasteiger partial charge in [-0.15, -0.1) is 16.8 Å². The summed E-state index contributed by atoms with van der Waals surface area (Å²) in [4.78, 5) is 12.4. The van der Waals surface area contributed by atoms with E-state index in [0.29, 0.717) is 29.2 Å². The fourth-order valence-corrected chi connectivity index (χ4v) is 4.21. The fourth-order valence-electron chi connectivity index (χ4n) is 3.43. The molecule has 156 valence electrons. The number of nitrogens with zero attached hydrogens (tertiary/aromatic N) is 3. The van der Waals surface area contributed by atoms with Crippen LogP contribution in [0.1, 0.15) is 38.4 Å². The number of halogens is 1. The predicted octanol–water partition coefficient (Wildman–Crippen LogP) is 3.97. The Kier molecular flexibility index (Phi) is 7.69. The first-order valence-electron chi connectivity index (χ1n) is 9.90. The molecule has 1 aliphatic rings. The third kappa shape index (κ3) is 6.06. The highest BCUT2D eigenvalue weighted by Gasteiger charge is 2.23. The van der Waals surface area contributed by atoms with Gasteiger partial charge in [0, 0.05) is 12.6 Å². The highest BCUT2D eigenvalue weighted by atomic mass is 32.2. The second-order valence-electron chi connectivity index (χ2n) is 7.27. The molecule has 6 nitrogen and oxygen atoms in total. The normalized spacial score (nSPS) is 19.0. The molecule has 1 N–H and O–H groups in total. The Morgan fingerprint density at radius 2 is 2.10 bits per heavy atom. The lowest BCUT2D eigenvalue weighted by Crippen LogP contribution is -2.41. The van der Waals surface area contributed by atoms with Gasteiger partial charge in [-0.3, -0.25) is 9.36 Å². The Morgan fingerprint density at radius 3 is 2.83 bits per heavy atom. The predicted molar refractivity (Wildman–Crippen MR) is 111 cm³/mol. The number of carbonyl (C=O) groups excluding carboxylic acids is 1. The molecule has 1 aromatic carbocycles. The van der Waals surface area contributed by atoms with Crippen LogP contribution in [0.4, 0.5) is 4.39 Å². The van der Waals surface area contributed by atoms with Gasteiger partial charge < -0.3 is 10.1 Å². The van der Waals surface area contributed by atoms with E-state index in [4.69, 9.17) is 4.74 Å². The lowest BCUT2D eigenvalue weighted by atomic mass is 9.86. The number of aromatic nitrogens is 3. The molecular formula is C21H27FN4O2S. The van der Waals surface area contributed by atoms with Gasteiger partial charge >= 0.3 is 0 Å². The maximum atomic E-state index is 13.0. The van der Waals surface area contributed by atoms with E-state index in [1.54, 1.807) is 18.2 Å². The zero-order valence-electron chi connectivity index (χ0n) is 16.6. The zero-order chi connectivity index (χ0) is 20.6. The summed E-state index contributed by atoms with van der Waals surface area (Å²) in [6.07, 6.45) is 6.39. The third-order valence-corrected chi connectivity index (χ3v) is 6.04. The van der Waals surface area contributed by atoms with Crippen molar-refractivity contribution in [3.63, 3.8) is 0 Å². The van der Waals surface area contributed by atoms with E-state index in [-0.39, 0.29) is 30.1 Å². The number of allylic oxidation sites excluding steroid dienone is 1. The number of ether oxygens (including phenoxy) is 1. The second kappa shape index (κ2) is 10.4. The van der Waals surface area contributed by atoms with E-state index in [2.05, 4.69) is 29.0 Å². The SMILES string of the molecule is C=CCn1c(COc2ccc(F)cc2)nnc1SCC(=O)N[C@H]1CCCC[C@H]1C. The van der Waals surface area contributed by atoms with Crippen LogP contribution in [0.2, 0.25) is 0 Å². The quantitative estimate of drug-likeness (QED) is 0.493. The first-order chi connectivity index (χ1) is 14.1. The summed E-state index contributed by atoms with van der Waals surface area (Å²) in [7, 11) is 0. The first kappa shape index (κ1) is 21.4. The molecule has 1 fully saturated rings. The van der Waals surface area contributed by atoms with Crippen LogP contribution in [0.25, 0.3) is 0 Å². The minimum Gasteiger partial charge on any atom is -0.486 e. The van der Waals surface area contributed by atoms with E-state index in [0.717, 1.165) is 6.42 Å². The van der Waals surface area contributed by atoms with Crippen molar-refractivity contribution in [1.29, 1.82) is 0 Å². The minimum atomic E-state index is -0.313. The van der Waals surface area contributed by atoms with E-state index in [9.17, 15) is 9.18 Å². The fraction of sp³-hybridized carbons (Fsp3) is 0.476. The summed E-state index contributed by atoms with van der Waals surface area (Å²) in [5, 5.41) is 12.2. The average Bonchev–Trinajstić information content (AvgIpc) is 3.10. The number of benzene rings is 1. The number of carbonyl (C=O) groups is 1. The van der Waals surface area contributed by atoms with Crippen molar-refractivity contribution in [2.75, 3.05) is 5.75 Å². The molecule has 0 unspecified atom stereocenters. The molecule has 1 amide bonds. The Labute approximate surface area is 174 Å². The van der Waals surface area contributed by atoms with Crippen LogP contribution >= 0.6 is 11.8 Å². The van der Waals surface area contributed by atoms with Crippen molar-refractivity contribution >= 4 is 17.7 Å². The lowest BCUT2D eigenvalue weighted by molar-refractivity contribution is -0.119. The van der Waals surface area contributed by atoms with Gasteiger partial charge in [0.05, 0.1) is 5.75 Å². The Balaban J connectivity index is 1.56. The first-order valence-corrected chi connectivity index (χ1v) is 10.9. The number of rotatable bonds is 9. The largest absolute Gasteiger partial charge is 0.486 e. The average molecular weight is 419 g/mol. The summed E-state index contributed by atoms with van der Waals surface area (Å²) < 4.78 is 20.6. The molecule has 0 aliphatic heterocycles. The molecule has 1 aromatic heterocycles. The van der Waals surface area contributed by atoms with Gasteiger partial charge in [0.2, 0.25) is 5.91 Å².